The lowest BCUT2D eigenvalue weighted by atomic mass is 10.0. The third kappa shape index (κ3) is 4.17. The molecule has 0 bridgehead atoms. The number of fused-ring (bicyclic) bond motifs is 1. The van der Waals surface area contributed by atoms with Crippen molar-refractivity contribution in [1.29, 1.82) is 0 Å². The zero-order chi connectivity index (χ0) is 23.2. The van der Waals surface area contributed by atoms with Crippen molar-refractivity contribution in [2.45, 2.75) is 43.0 Å². The lowest BCUT2D eigenvalue weighted by Crippen LogP contribution is -2.43. The molecule has 13 heteroatoms. The molecule has 2 aliphatic rings. The Hall–Kier alpha value is -1.99. The van der Waals surface area contributed by atoms with Crippen LogP contribution in [0.2, 0.25) is 4.34 Å². The number of amides is 3. The van der Waals surface area contributed by atoms with Crippen molar-refractivity contribution in [3.63, 3.8) is 0 Å². The summed E-state index contributed by atoms with van der Waals surface area (Å²) in [4.78, 5) is 39.5. The first kappa shape index (κ1) is 23.2. The minimum absolute atomic E-state index is 0.0734. The molecule has 4 rings (SSSR count). The molecule has 3 N–H and O–H groups in total. The van der Waals surface area contributed by atoms with Crippen LogP contribution in [0.15, 0.2) is 16.3 Å². The molecule has 1 atom stereocenters. The Labute approximate surface area is 198 Å². The van der Waals surface area contributed by atoms with E-state index in [-0.39, 0.29) is 22.2 Å². The van der Waals surface area contributed by atoms with Gasteiger partial charge in [-0.2, -0.15) is 4.31 Å². The van der Waals surface area contributed by atoms with Gasteiger partial charge >= 0.3 is 0 Å². The van der Waals surface area contributed by atoms with Crippen LogP contribution < -0.4 is 11.1 Å². The Morgan fingerprint density at radius 2 is 1.97 bits per heavy atom. The maximum absolute atomic E-state index is 13.1. The van der Waals surface area contributed by atoms with Crippen molar-refractivity contribution < 1.29 is 22.8 Å². The molecular weight excluding hydrogens is 496 g/mol. The van der Waals surface area contributed by atoms with Gasteiger partial charge in [-0.15, -0.1) is 22.7 Å². The third-order valence-electron chi connectivity index (χ3n) is 5.60. The van der Waals surface area contributed by atoms with Gasteiger partial charge in [-0.3, -0.25) is 14.4 Å². The fourth-order valence-corrected chi connectivity index (χ4v) is 8.60. The van der Waals surface area contributed by atoms with Gasteiger partial charge < -0.3 is 16.0 Å². The number of anilines is 1. The van der Waals surface area contributed by atoms with E-state index in [1.54, 1.807) is 4.90 Å². The summed E-state index contributed by atoms with van der Waals surface area (Å²) in [7, 11) is -3.88. The van der Waals surface area contributed by atoms with Gasteiger partial charge in [-0.1, -0.05) is 11.6 Å². The smallest absolute Gasteiger partial charge is 0.253 e. The minimum Gasteiger partial charge on any atom is -0.365 e. The van der Waals surface area contributed by atoms with Gasteiger partial charge in [0, 0.05) is 24.9 Å². The highest BCUT2D eigenvalue weighted by Crippen LogP contribution is 2.38. The van der Waals surface area contributed by atoms with Crippen LogP contribution in [0.3, 0.4) is 0 Å². The second-order valence-corrected chi connectivity index (χ2v) is 12.5. The number of halogens is 1. The molecule has 0 aromatic carbocycles. The monoisotopic (exact) mass is 516 g/mol. The second kappa shape index (κ2) is 8.75. The van der Waals surface area contributed by atoms with E-state index >= 15 is 0 Å². The molecule has 1 unspecified atom stereocenters. The molecule has 1 fully saturated rings. The predicted octanol–water partition coefficient (Wildman–Crippen LogP) is 2.26. The molecule has 2 aromatic heterocycles. The number of hydrogen-bond acceptors (Lipinski definition) is 7. The maximum Gasteiger partial charge on any atom is 0.253 e. The molecule has 0 spiro atoms. The summed E-state index contributed by atoms with van der Waals surface area (Å²) in [5.74, 6) is -1.26. The number of nitrogens with two attached hydrogens (primary N) is 1. The molecule has 32 heavy (non-hydrogen) atoms. The first-order valence-corrected chi connectivity index (χ1v) is 13.3. The fraction of sp³-hybridized carbons (Fsp3) is 0.421. The zero-order valence-electron chi connectivity index (χ0n) is 17.1. The number of primary amides is 1. The Balaban J connectivity index is 1.60. The number of carbonyl (C=O) groups excluding carboxylic acids is 3. The maximum atomic E-state index is 13.1. The highest BCUT2D eigenvalue weighted by molar-refractivity contribution is 7.91. The quantitative estimate of drug-likeness (QED) is 0.629. The van der Waals surface area contributed by atoms with E-state index in [0.717, 1.165) is 21.8 Å². The fourth-order valence-electron chi connectivity index (χ4n) is 4.06. The van der Waals surface area contributed by atoms with Crippen LogP contribution in [0.1, 0.15) is 40.6 Å². The standard InChI is InChI=1S/C19H21ClN4O5S3/c1-10(25)23-8-6-11-13(9-23)30-19(16(11)17(21)26)22-18(27)12-3-2-7-24(12)32(28,29)15-5-4-14(20)31-15/h4-5,12H,2-3,6-9H2,1H3,(H2,21,26)(H,22,27). The third-order valence-corrected chi connectivity index (χ3v) is 10.3. The molecule has 172 valence electrons. The highest BCUT2D eigenvalue weighted by Gasteiger charge is 2.41. The zero-order valence-corrected chi connectivity index (χ0v) is 20.3. The Morgan fingerprint density at radius 3 is 2.59 bits per heavy atom. The van der Waals surface area contributed by atoms with E-state index < -0.39 is 27.9 Å². The molecule has 4 heterocycles. The Bertz CT molecular complexity index is 1210. The van der Waals surface area contributed by atoms with Gasteiger partial charge in [0.05, 0.1) is 16.4 Å². The molecule has 2 aromatic rings. The lowest BCUT2D eigenvalue weighted by molar-refractivity contribution is -0.129. The molecule has 0 saturated carbocycles. The Kier molecular flexibility index (Phi) is 6.34. The van der Waals surface area contributed by atoms with Crippen molar-refractivity contribution in [2.24, 2.45) is 5.73 Å². The second-order valence-electron chi connectivity index (χ2n) is 7.58. The van der Waals surface area contributed by atoms with Crippen LogP contribution >= 0.6 is 34.3 Å². The highest BCUT2D eigenvalue weighted by atomic mass is 35.5. The number of rotatable bonds is 5. The largest absolute Gasteiger partial charge is 0.365 e. The van der Waals surface area contributed by atoms with Crippen LogP contribution in [-0.2, 0) is 32.6 Å². The first-order chi connectivity index (χ1) is 15.1. The van der Waals surface area contributed by atoms with Gasteiger partial charge in [0.2, 0.25) is 11.8 Å². The first-order valence-electron chi connectivity index (χ1n) is 9.87. The minimum atomic E-state index is -3.88. The summed E-state index contributed by atoms with van der Waals surface area (Å²) in [5, 5.41) is 3.03. The van der Waals surface area contributed by atoms with E-state index in [4.69, 9.17) is 17.3 Å². The predicted molar refractivity (Wildman–Crippen MR) is 123 cm³/mol. The summed E-state index contributed by atoms with van der Waals surface area (Å²) in [6.45, 7) is 2.50. The van der Waals surface area contributed by atoms with Gasteiger partial charge in [0.15, 0.2) is 0 Å². The van der Waals surface area contributed by atoms with Crippen molar-refractivity contribution in [1.82, 2.24) is 9.21 Å². The lowest BCUT2D eigenvalue weighted by Gasteiger charge is -2.25. The summed E-state index contributed by atoms with van der Waals surface area (Å²) in [6, 6.07) is 2.02. The van der Waals surface area contributed by atoms with Gasteiger partial charge in [0.25, 0.3) is 15.9 Å². The van der Waals surface area contributed by atoms with E-state index in [0.29, 0.717) is 41.7 Å². The molecule has 1 saturated heterocycles. The molecule has 2 aliphatic heterocycles. The Morgan fingerprint density at radius 1 is 1.22 bits per heavy atom. The van der Waals surface area contributed by atoms with Crippen LogP contribution in [0.5, 0.6) is 0 Å². The summed E-state index contributed by atoms with van der Waals surface area (Å²) in [5.41, 5.74) is 6.57. The molecule has 3 amide bonds. The van der Waals surface area contributed by atoms with Crippen LogP contribution in [0.4, 0.5) is 5.00 Å². The number of thiophene rings is 2. The van der Waals surface area contributed by atoms with Gasteiger partial charge in [0.1, 0.15) is 15.3 Å². The molecule has 0 aliphatic carbocycles. The number of carbonyl (C=O) groups is 3. The van der Waals surface area contributed by atoms with Crippen molar-refractivity contribution in [3.05, 3.63) is 32.5 Å². The van der Waals surface area contributed by atoms with E-state index in [2.05, 4.69) is 5.32 Å². The van der Waals surface area contributed by atoms with Crippen molar-refractivity contribution in [3.8, 4) is 0 Å². The summed E-state index contributed by atoms with van der Waals surface area (Å²) < 4.78 is 27.7. The van der Waals surface area contributed by atoms with Gasteiger partial charge in [-0.25, -0.2) is 8.42 Å². The normalized spacial score (nSPS) is 19.1. The number of hydrogen-bond donors (Lipinski definition) is 2. The van der Waals surface area contributed by atoms with E-state index in [1.165, 1.54) is 34.7 Å². The van der Waals surface area contributed by atoms with E-state index in [1.807, 2.05) is 0 Å². The number of nitrogens with zero attached hydrogens (tertiary/aromatic N) is 2. The topological polar surface area (TPSA) is 130 Å². The van der Waals surface area contributed by atoms with E-state index in [9.17, 15) is 22.8 Å². The molecule has 9 nitrogen and oxygen atoms in total. The van der Waals surface area contributed by atoms with Gasteiger partial charge in [-0.05, 0) is 37.0 Å². The van der Waals surface area contributed by atoms with Crippen LogP contribution in [0, 0.1) is 0 Å². The average molecular weight is 517 g/mol. The number of nitrogens with one attached hydrogen (secondary N) is 1. The summed E-state index contributed by atoms with van der Waals surface area (Å²) >= 11 is 8.03. The summed E-state index contributed by atoms with van der Waals surface area (Å²) in [6.07, 6.45) is 1.36. The average Bonchev–Trinajstić information content (AvgIpc) is 3.44. The number of sulfonamides is 1. The molecular formula is C19H21ClN4O5S3. The van der Waals surface area contributed by atoms with Crippen molar-refractivity contribution in [2.75, 3.05) is 18.4 Å². The van der Waals surface area contributed by atoms with Crippen molar-refractivity contribution >= 4 is 67.0 Å². The molecule has 0 radical (unpaired) electrons. The SMILES string of the molecule is CC(=O)N1CCc2c(sc(NC(=O)C3CCCN3S(=O)(=O)c3ccc(Cl)s3)c2C(N)=O)C1. The van der Waals surface area contributed by atoms with Crippen LogP contribution in [0.25, 0.3) is 0 Å². The van der Waals surface area contributed by atoms with Crippen LogP contribution in [-0.4, -0.2) is 54.5 Å².